The summed E-state index contributed by atoms with van der Waals surface area (Å²) >= 11 is 0. The van der Waals surface area contributed by atoms with E-state index in [1.807, 2.05) is 13.8 Å². The van der Waals surface area contributed by atoms with Gasteiger partial charge in [-0.15, -0.1) is 0 Å². The van der Waals surface area contributed by atoms with Crippen molar-refractivity contribution in [3.8, 4) is 0 Å². The molecule has 0 radical (unpaired) electrons. The Balaban J connectivity index is 0. The molecule has 0 bridgehead atoms. The quantitative estimate of drug-likeness (QED) is 0.442. The lowest BCUT2D eigenvalue weighted by Crippen LogP contribution is -2.60. The summed E-state index contributed by atoms with van der Waals surface area (Å²) in [5.74, 6) is 0. The molecule has 0 unspecified atom stereocenters. The number of hydrogen-bond acceptors (Lipinski definition) is 0. The van der Waals surface area contributed by atoms with E-state index in [2.05, 4.69) is 18.2 Å². The summed E-state index contributed by atoms with van der Waals surface area (Å²) in [5, 5.41) is 0. The van der Waals surface area contributed by atoms with E-state index >= 15 is 0 Å². The topological polar surface area (TPSA) is 14.0 Å². The van der Waals surface area contributed by atoms with Crippen LogP contribution in [0.4, 0.5) is 0 Å². The zero-order valence-electron chi connectivity index (χ0n) is 6.80. The Morgan fingerprint density at radius 2 is 1.70 bits per heavy atom. The van der Waals surface area contributed by atoms with Gasteiger partial charge in [-0.3, -0.25) is 0 Å². The summed E-state index contributed by atoms with van der Waals surface area (Å²) in [4.78, 5) is 2.84. The SMILES string of the molecule is C=CC=[NH+]/C=C\C=C.CC. The molecule has 0 heterocycles. The Labute approximate surface area is 63.5 Å². The van der Waals surface area contributed by atoms with E-state index < -0.39 is 0 Å². The maximum atomic E-state index is 3.49. The Hall–Kier alpha value is -1.11. The van der Waals surface area contributed by atoms with E-state index in [0.717, 1.165) is 0 Å². The van der Waals surface area contributed by atoms with Gasteiger partial charge < -0.3 is 0 Å². The van der Waals surface area contributed by atoms with Gasteiger partial charge in [-0.25, -0.2) is 4.99 Å². The summed E-state index contributed by atoms with van der Waals surface area (Å²) in [5.41, 5.74) is 0. The molecule has 10 heavy (non-hydrogen) atoms. The predicted octanol–water partition coefficient (Wildman–Crippen LogP) is 1.05. The second-order valence-electron chi connectivity index (χ2n) is 1.16. The lowest BCUT2D eigenvalue weighted by Gasteiger charge is -1.61. The van der Waals surface area contributed by atoms with Crippen LogP contribution in [0.5, 0.6) is 0 Å². The van der Waals surface area contributed by atoms with Crippen LogP contribution in [0.25, 0.3) is 0 Å². The number of rotatable bonds is 3. The number of allylic oxidation sites excluding steroid dienone is 3. The predicted molar refractivity (Wildman–Crippen MR) is 47.9 cm³/mol. The minimum absolute atomic E-state index is 1.67. The van der Waals surface area contributed by atoms with Crippen molar-refractivity contribution in [3.63, 3.8) is 0 Å². The molecule has 0 aliphatic carbocycles. The van der Waals surface area contributed by atoms with Crippen molar-refractivity contribution in [2.75, 3.05) is 0 Å². The second-order valence-corrected chi connectivity index (χ2v) is 1.16. The summed E-state index contributed by atoms with van der Waals surface area (Å²) in [6.45, 7) is 11.0. The Kier molecular flexibility index (Phi) is 18.3. The molecule has 0 atom stereocenters. The third kappa shape index (κ3) is 15.8. The molecule has 1 nitrogen and oxygen atoms in total. The van der Waals surface area contributed by atoms with Crippen LogP contribution in [-0.2, 0) is 0 Å². The lowest BCUT2D eigenvalue weighted by atomic mass is 10.6. The fourth-order valence-corrected chi connectivity index (χ4v) is 0.247. The minimum Gasteiger partial charge on any atom is -0.218 e. The van der Waals surface area contributed by atoms with Gasteiger partial charge in [0.25, 0.3) is 0 Å². The van der Waals surface area contributed by atoms with E-state index in [9.17, 15) is 0 Å². The van der Waals surface area contributed by atoms with Crippen LogP contribution >= 0.6 is 0 Å². The monoisotopic (exact) mass is 138 g/mol. The standard InChI is InChI=1S/C7H9N.C2H6/c1-3-5-7-8-6-4-2;1-2/h3-7H,1-2H2;1-2H3/p+1/b7-5-,8-6?;. The summed E-state index contributed by atoms with van der Waals surface area (Å²) in [6, 6.07) is 0. The average Bonchev–Trinajstić information content (AvgIpc) is 2.02. The van der Waals surface area contributed by atoms with Crippen molar-refractivity contribution in [3.05, 3.63) is 37.6 Å². The smallest absolute Gasteiger partial charge is 0.166 e. The molecule has 0 fully saturated rings. The fourth-order valence-electron chi connectivity index (χ4n) is 0.247. The lowest BCUT2D eigenvalue weighted by molar-refractivity contribution is -0.365. The maximum Gasteiger partial charge on any atom is 0.166 e. The zero-order valence-corrected chi connectivity index (χ0v) is 6.80. The van der Waals surface area contributed by atoms with Crippen LogP contribution in [-0.4, -0.2) is 6.21 Å². The molecular formula is C9H16N+. The average molecular weight is 138 g/mol. The van der Waals surface area contributed by atoms with Gasteiger partial charge in [0.15, 0.2) is 12.4 Å². The molecule has 0 saturated carbocycles. The molecule has 1 N–H and O–H groups in total. The van der Waals surface area contributed by atoms with Crippen molar-refractivity contribution < 1.29 is 4.99 Å². The van der Waals surface area contributed by atoms with Gasteiger partial charge in [0.05, 0.1) is 0 Å². The fraction of sp³-hybridized carbons (Fsp3) is 0.222. The van der Waals surface area contributed by atoms with Gasteiger partial charge in [0.1, 0.15) is 0 Å². The number of nitrogens with one attached hydrogen (secondary N) is 1. The van der Waals surface area contributed by atoms with Crippen LogP contribution in [0, 0.1) is 0 Å². The van der Waals surface area contributed by atoms with Gasteiger partial charge in [-0.1, -0.05) is 33.1 Å². The zero-order chi connectivity index (χ0) is 8.24. The van der Waals surface area contributed by atoms with Crippen LogP contribution < -0.4 is 4.99 Å². The summed E-state index contributed by atoms with van der Waals surface area (Å²) < 4.78 is 0. The first-order valence-corrected chi connectivity index (χ1v) is 3.39. The molecule has 0 aromatic rings. The molecule has 1 heteroatoms. The van der Waals surface area contributed by atoms with E-state index in [-0.39, 0.29) is 0 Å². The summed E-state index contributed by atoms with van der Waals surface area (Å²) in [6.07, 6.45) is 8.69. The highest BCUT2D eigenvalue weighted by Gasteiger charge is 1.62. The van der Waals surface area contributed by atoms with Crippen molar-refractivity contribution >= 4 is 6.21 Å². The van der Waals surface area contributed by atoms with Crippen LogP contribution in [0.2, 0.25) is 0 Å². The van der Waals surface area contributed by atoms with Crippen molar-refractivity contribution in [1.82, 2.24) is 0 Å². The van der Waals surface area contributed by atoms with Gasteiger partial charge in [0, 0.05) is 6.08 Å². The molecule has 0 saturated heterocycles. The second kappa shape index (κ2) is 15.7. The van der Waals surface area contributed by atoms with Crippen molar-refractivity contribution in [2.24, 2.45) is 0 Å². The Morgan fingerprint density at radius 1 is 1.10 bits per heavy atom. The van der Waals surface area contributed by atoms with Gasteiger partial charge in [0.2, 0.25) is 0 Å². The van der Waals surface area contributed by atoms with Gasteiger partial charge in [-0.05, 0) is 6.08 Å². The Bertz CT molecular complexity index is 105. The third-order valence-corrected chi connectivity index (χ3v) is 0.543. The van der Waals surface area contributed by atoms with Crippen molar-refractivity contribution in [2.45, 2.75) is 13.8 Å². The molecule has 0 aliphatic rings. The van der Waals surface area contributed by atoms with Crippen molar-refractivity contribution in [1.29, 1.82) is 0 Å². The molecule has 0 spiro atoms. The molecular weight excluding hydrogens is 122 g/mol. The molecule has 0 aliphatic heterocycles. The highest BCUT2D eigenvalue weighted by atomic mass is 14.6. The molecule has 0 rings (SSSR count). The minimum atomic E-state index is 1.67. The third-order valence-electron chi connectivity index (χ3n) is 0.543. The molecule has 0 amide bonds. The first kappa shape index (κ1) is 11.7. The van der Waals surface area contributed by atoms with E-state index in [1.54, 1.807) is 30.6 Å². The first-order valence-electron chi connectivity index (χ1n) is 3.39. The molecule has 56 valence electrons. The van der Waals surface area contributed by atoms with Crippen LogP contribution in [0.3, 0.4) is 0 Å². The molecule has 0 aromatic carbocycles. The normalized spacial score (nSPS) is 9.00. The number of hydrogen-bond donors (Lipinski definition) is 1. The highest BCUT2D eigenvalue weighted by molar-refractivity contribution is 5.64. The van der Waals surface area contributed by atoms with Gasteiger partial charge >= 0.3 is 0 Å². The molecule has 0 aromatic heterocycles. The van der Waals surface area contributed by atoms with Crippen LogP contribution in [0.1, 0.15) is 13.8 Å². The highest BCUT2D eigenvalue weighted by Crippen LogP contribution is 1.57. The summed E-state index contributed by atoms with van der Waals surface area (Å²) in [7, 11) is 0. The van der Waals surface area contributed by atoms with E-state index in [0.29, 0.717) is 0 Å². The van der Waals surface area contributed by atoms with Crippen LogP contribution in [0.15, 0.2) is 37.6 Å². The Morgan fingerprint density at radius 3 is 2.10 bits per heavy atom. The van der Waals surface area contributed by atoms with E-state index in [4.69, 9.17) is 0 Å². The largest absolute Gasteiger partial charge is 0.218 e. The van der Waals surface area contributed by atoms with Gasteiger partial charge in [-0.2, -0.15) is 0 Å². The van der Waals surface area contributed by atoms with E-state index in [1.165, 1.54) is 0 Å². The first-order chi connectivity index (χ1) is 4.91. The maximum absolute atomic E-state index is 3.49.